The first-order valence-electron chi connectivity index (χ1n) is 9.60. The fourth-order valence-electron chi connectivity index (χ4n) is 3.03. The summed E-state index contributed by atoms with van der Waals surface area (Å²) in [6, 6.07) is 6.86. The Morgan fingerprint density at radius 3 is 1.74 bits per heavy atom. The number of ether oxygens (including phenoxy) is 6. The minimum atomic E-state index is -0.246. The second-order valence-electron chi connectivity index (χ2n) is 6.37. The van der Waals surface area contributed by atoms with Crippen molar-refractivity contribution in [2.75, 3.05) is 55.7 Å². The van der Waals surface area contributed by atoms with Crippen LogP contribution in [0.1, 0.15) is 15.9 Å². The van der Waals surface area contributed by atoms with Crippen molar-refractivity contribution >= 4 is 5.91 Å². The SMILES string of the molecule is COc1cc(OC)c(OC)cc1CNCCNC(=O)c1cc(OC)c(OC)c(OC)c1. The van der Waals surface area contributed by atoms with E-state index in [2.05, 4.69) is 10.6 Å². The van der Waals surface area contributed by atoms with E-state index < -0.39 is 0 Å². The van der Waals surface area contributed by atoms with Gasteiger partial charge in [-0.2, -0.15) is 0 Å². The molecule has 0 aliphatic rings. The van der Waals surface area contributed by atoms with Crippen molar-refractivity contribution < 1.29 is 33.2 Å². The molecule has 0 heterocycles. The molecule has 0 radical (unpaired) electrons. The number of carbonyl (C=O) groups is 1. The summed E-state index contributed by atoms with van der Waals surface area (Å²) in [5, 5.41) is 6.14. The fourth-order valence-corrected chi connectivity index (χ4v) is 3.03. The van der Waals surface area contributed by atoms with Crippen LogP contribution in [0, 0.1) is 0 Å². The molecule has 0 aliphatic heterocycles. The maximum Gasteiger partial charge on any atom is 0.251 e. The van der Waals surface area contributed by atoms with Gasteiger partial charge in [-0.25, -0.2) is 0 Å². The molecule has 0 aliphatic carbocycles. The molecule has 9 nitrogen and oxygen atoms in total. The Bertz CT molecular complexity index is 861. The van der Waals surface area contributed by atoms with Crippen LogP contribution >= 0.6 is 0 Å². The summed E-state index contributed by atoms with van der Waals surface area (Å²) in [7, 11) is 9.28. The van der Waals surface area contributed by atoms with E-state index in [1.54, 1.807) is 39.5 Å². The van der Waals surface area contributed by atoms with Crippen LogP contribution in [-0.4, -0.2) is 61.7 Å². The first-order valence-corrected chi connectivity index (χ1v) is 9.60. The Balaban J connectivity index is 1.94. The number of hydrogen-bond acceptors (Lipinski definition) is 8. The van der Waals surface area contributed by atoms with Crippen LogP contribution in [0.3, 0.4) is 0 Å². The van der Waals surface area contributed by atoms with Gasteiger partial charge in [-0.05, 0) is 18.2 Å². The van der Waals surface area contributed by atoms with Crippen LogP contribution in [0.5, 0.6) is 34.5 Å². The van der Waals surface area contributed by atoms with E-state index in [1.807, 2.05) is 6.07 Å². The van der Waals surface area contributed by atoms with Gasteiger partial charge in [0, 0.05) is 36.8 Å². The normalized spacial score (nSPS) is 10.3. The molecule has 0 atom stereocenters. The van der Waals surface area contributed by atoms with Crippen LogP contribution in [0.15, 0.2) is 24.3 Å². The van der Waals surface area contributed by atoms with E-state index in [1.165, 1.54) is 21.3 Å². The van der Waals surface area contributed by atoms with Gasteiger partial charge in [-0.3, -0.25) is 4.79 Å². The summed E-state index contributed by atoms with van der Waals surface area (Å²) < 4.78 is 31.9. The molecule has 0 saturated heterocycles. The van der Waals surface area contributed by atoms with Gasteiger partial charge in [0.15, 0.2) is 23.0 Å². The summed E-state index contributed by atoms with van der Waals surface area (Å²) in [5.74, 6) is 2.94. The predicted octanol–water partition coefficient (Wildman–Crippen LogP) is 2.26. The molecular weight excluding hydrogens is 404 g/mol. The molecule has 170 valence electrons. The van der Waals surface area contributed by atoms with E-state index in [0.29, 0.717) is 59.7 Å². The smallest absolute Gasteiger partial charge is 0.251 e. The quantitative estimate of drug-likeness (QED) is 0.491. The van der Waals surface area contributed by atoms with Gasteiger partial charge < -0.3 is 39.1 Å². The first kappa shape index (κ1) is 23.9. The lowest BCUT2D eigenvalue weighted by Gasteiger charge is -2.15. The molecule has 2 N–H and O–H groups in total. The highest BCUT2D eigenvalue weighted by molar-refractivity contribution is 5.95. The number of amides is 1. The molecule has 0 aromatic heterocycles. The monoisotopic (exact) mass is 434 g/mol. The number of methoxy groups -OCH3 is 6. The average Bonchev–Trinajstić information content (AvgIpc) is 2.81. The maximum atomic E-state index is 12.5. The van der Waals surface area contributed by atoms with E-state index in [4.69, 9.17) is 28.4 Å². The summed E-state index contributed by atoms with van der Waals surface area (Å²) in [5.41, 5.74) is 1.33. The zero-order valence-electron chi connectivity index (χ0n) is 18.8. The molecule has 0 unspecified atom stereocenters. The van der Waals surface area contributed by atoms with Gasteiger partial charge in [-0.1, -0.05) is 0 Å². The van der Waals surface area contributed by atoms with Crippen LogP contribution in [0.4, 0.5) is 0 Å². The van der Waals surface area contributed by atoms with Crippen molar-refractivity contribution in [3.05, 3.63) is 35.4 Å². The highest BCUT2D eigenvalue weighted by Crippen LogP contribution is 2.38. The Kier molecular flexibility index (Phi) is 9.08. The Morgan fingerprint density at radius 2 is 1.23 bits per heavy atom. The number of carbonyl (C=O) groups excluding carboxylic acids is 1. The number of hydrogen-bond donors (Lipinski definition) is 2. The molecule has 0 spiro atoms. The molecule has 1 amide bonds. The standard InChI is InChI=1S/C22H30N2O7/c1-26-16-12-18(28-3)17(27-2)11-15(16)13-23-7-8-24-22(25)14-9-19(29-4)21(31-6)20(10-14)30-5/h9-12,23H,7-8,13H2,1-6H3,(H,24,25). The van der Waals surface area contributed by atoms with E-state index in [9.17, 15) is 4.79 Å². The second kappa shape index (κ2) is 11.8. The fraction of sp³-hybridized carbons (Fsp3) is 0.409. The van der Waals surface area contributed by atoms with Crippen LogP contribution < -0.4 is 39.1 Å². The minimum absolute atomic E-state index is 0.246. The lowest BCUT2D eigenvalue weighted by atomic mass is 10.1. The molecule has 9 heteroatoms. The third kappa shape index (κ3) is 5.85. The molecule has 2 aromatic carbocycles. The Morgan fingerprint density at radius 1 is 0.677 bits per heavy atom. The summed E-state index contributed by atoms with van der Waals surface area (Å²) in [4.78, 5) is 12.5. The van der Waals surface area contributed by atoms with E-state index >= 15 is 0 Å². The van der Waals surface area contributed by atoms with Gasteiger partial charge in [-0.15, -0.1) is 0 Å². The zero-order valence-corrected chi connectivity index (χ0v) is 18.8. The molecule has 0 bridgehead atoms. The largest absolute Gasteiger partial charge is 0.496 e. The van der Waals surface area contributed by atoms with Gasteiger partial charge in [0.05, 0.1) is 42.7 Å². The van der Waals surface area contributed by atoms with Crippen LogP contribution in [0.25, 0.3) is 0 Å². The van der Waals surface area contributed by atoms with Crippen molar-refractivity contribution in [3.63, 3.8) is 0 Å². The summed E-state index contributed by atoms with van der Waals surface area (Å²) in [6.07, 6.45) is 0. The lowest BCUT2D eigenvalue weighted by molar-refractivity contribution is 0.0953. The van der Waals surface area contributed by atoms with E-state index in [-0.39, 0.29) is 5.91 Å². The van der Waals surface area contributed by atoms with Gasteiger partial charge in [0.25, 0.3) is 5.91 Å². The van der Waals surface area contributed by atoms with Crippen LogP contribution in [0.2, 0.25) is 0 Å². The summed E-state index contributed by atoms with van der Waals surface area (Å²) >= 11 is 0. The van der Waals surface area contributed by atoms with Gasteiger partial charge in [0.2, 0.25) is 5.75 Å². The average molecular weight is 434 g/mol. The van der Waals surface area contributed by atoms with Crippen LogP contribution in [-0.2, 0) is 6.54 Å². The third-order valence-electron chi connectivity index (χ3n) is 4.62. The topological polar surface area (TPSA) is 96.5 Å². The highest BCUT2D eigenvalue weighted by Gasteiger charge is 2.17. The van der Waals surface area contributed by atoms with Crippen molar-refractivity contribution in [2.45, 2.75) is 6.54 Å². The summed E-state index contributed by atoms with van der Waals surface area (Å²) in [6.45, 7) is 1.50. The number of nitrogens with one attached hydrogen (secondary N) is 2. The molecule has 2 rings (SSSR count). The van der Waals surface area contributed by atoms with Crippen molar-refractivity contribution in [3.8, 4) is 34.5 Å². The van der Waals surface area contributed by atoms with Crippen molar-refractivity contribution in [1.82, 2.24) is 10.6 Å². The Hall–Kier alpha value is -3.33. The molecule has 31 heavy (non-hydrogen) atoms. The van der Waals surface area contributed by atoms with Gasteiger partial charge >= 0.3 is 0 Å². The lowest BCUT2D eigenvalue weighted by Crippen LogP contribution is -2.31. The Labute approximate surface area is 182 Å². The second-order valence-corrected chi connectivity index (χ2v) is 6.37. The minimum Gasteiger partial charge on any atom is -0.496 e. The van der Waals surface area contributed by atoms with E-state index in [0.717, 1.165) is 5.56 Å². The first-order chi connectivity index (χ1) is 15.0. The molecule has 2 aromatic rings. The number of benzene rings is 2. The van der Waals surface area contributed by atoms with Crippen molar-refractivity contribution in [2.24, 2.45) is 0 Å². The third-order valence-corrected chi connectivity index (χ3v) is 4.62. The molecular formula is C22H30N2O7. The van der Waals surface area contributed by atoms with Gasteiger partial charge in [0.1, 0.15) is 5.75 Å². The molecule has 0 saturated carbocycles. The maximum absolute atomic E-state index is 12.5. The van der Waals surface area contributed by atoms with Crippen molar-refractivity contribution in [1.29, 1.82) is 0 Å². The highest BCUT2D eigenvalue weighted by atomic mass is 16.5. The predicted molar refractivity (Wildman–Crippen MR) is 116 cm³/mol. The zero-order chi connectivity index (χ0) is 22.8. The number of rotatable bonds is 12. The molecule has 0 fully saturated rings.